The molecular formula is C22H42O4. The summed E-state index contributed by atoms with van der Waals surface area (Å²) < 4.78 is 0. The fraction of sp³-hybridized carbons (Fsp3) is 0.955. The highest BCUT2D eigenvalue weighted by molar-refractivity contribution is 5.66. The summed E-state index contributed by atoms with van der Waals surface area (Å²) >= 11 is 0. The molecule has 1 aliphatic carbocycles. The van der Waals surface area contributed by atoms with Crippen molar-refractivity contribution in [1.29, 1.82) is 0 Å². The zero-order chi connectivity index (χ0) is 19.4. The first-order valence-electron chi connectivity index (χ1n) is 11.1. The number of rotatable bonds is 15. The number of aliphatic hydroxyl groups excluding tert-OH is 2. The lowest BCUT2D eigenvalue weighted by molar-refractivity contribution is -0.137. The monoisotopic (exact) mass is 370 g/mol. The van der Waals surface area contributed by atoms with Crippen molar-refractivity contribution in [1.82, 2.24) is 0 Å². The number of aliphatic hydroxyl groups is 2. The molecular weight excluding hydrogens is 328 g/mol. The van der Waals surface area contributed by atoms with E-state index in [1.165, 1.54) is 12.8 Å². The highest BCUT2D eigenvalue weighted by atomic mass is 16.4. The second-order valence-electron chi connectivity index (χ2n) is 8.37. The Bertz CT molecular complexity index is 371. The minimum Gasteiger partial charge on any atom is -0.481 e. The molecule has 4 heteroatoms. The topological polar surface area (TPSA) is 77.8 Å². The van der Waals surface area contributed by atoms with Gasteiger partial charge in [0.05, 0.1) is 12.2 Å². The van der Waals surface area contributed by atoms with Gasteiger partial charge in [-0.3, -0.25) is 4.79 Å². The van der Waals surface area contributed by atoms with Crippen molar-refractivity contribution in [2.75, 3.05) is 0 Å². The Kier molecular flexibility index (Phi) is 12.2. The van der Waals surface area contributed by atoms with Gasteiger partial charge in [-0.25, -0.2) is 0 Å². The molecule has 0 aromatic carbocycles. The smallest absolute Gasteiger partial charge is 0.303 e. The first-order chi connectivity index (χ1) is 12.5. The molecule has 0 heterocycles. The van der Waals surface area contributed by atoms with Crippen molar-refractivity contribution in [3.8, 4) is 0 Å². The lowest BCUT2D eigenvalue weighted by Gasteiger charge is -2.26. The maximum absolute atomic E-state index is 10.6. The standard InChI is InChI=1S/C22H42O4/c1-3-5-10-17(4-2)20(23)15-13-18-14-16-21(24)19(18)11-8-6-7-9-12-22(25)26/h17-21,23-24H,3-16H2,1-2H3,(H,25,26). The molecule has 5 unspecified atom stereocenters. The van der Waals surface area contributed by atoms with Gasteiger partial charge in [-0.2, -0.15) is 0 Å². The first kappa shape index (κ1) is 23.4. The molecule has 0 saturated heterocycles. The third-order valence-electron chi connectivity index (χ3n) is 6.44. The highest BCUT2D eigenvalue weighted by Gasteiger charge is 2.34. The van der Waals surface area contributed by atoms with Gasteiger partial charge in [-0.15, -0.1) is 0 Å². The Labute approximate surface area is 160 Å². The van der Waals surface area contributed by atoms with Gasteiger partial charge < -0.3 is 15.3 Å². The molecule has 0 spiro atoms. The van der Waals surface area contributed by atoms with Crippen LogP contribution in [0, 0.1) is 17.8 Å². The van der Waals surface area contributed by atoms with Gasteiger partial charge in [0, 0.05) is 6.42 Å². The Morgan fingerprint density at radius 3 is 2.38 bits per heavy atom. The van der Waals surface area contributed by atoms with E-state index in [1.54, 1.807) is 0 Å². The van der Waals surface area contributed by atoms with E-state index in [0.717, 1.165) is 70.6 Å². The predicted molar refractivity (Wildman–Crippen MR) is 106 cm³/mol. The second kappa shape index (κ2) is 13.5. The molecule has 0 aliphatic heterocycles. The number of unbranched alkanes of at least 4 members (excludes halogenated alkanes) is 4. The number of carbonyl (C=O) groups is 1. The molecule has 0 radical (unpaired) electrons. The van der Waals surface area contributed by atoms with Gasteiger partial charge in [0.15, 0.2) is 0 Å². The third-order valence-corrected chi connectivity index (χ3v) is 6.44. The molecule has 1 rings (SSSR count). The number of carboxylic acid groups (broad SMARTS) is 1. The van der Waals surface area contributed by atoms with Crippen LogP contribution in [0.3, 0.4) is 0 Å². The molecule has 4 nitrogen and oxygen atoms in total. The van der Waals surface area contributed by atoms with E-state index in [2.05, 4.69) is 13.8 Å². The Morgan fingerprint density at radius 2 is 1.73 bits per heavy atom. The molecule has 0 bridgehead atoms. The number of hydrogen-bond acceptors (Lipinski definition) is 3. The van der Waals surface area contributed by atoms with Crippen molar-refractivity contribution in [2.45, 2.75) is 116 Å². The van der Waals surface area contributed by atoms with E-state index < -0.39 is 5.97 Å². The molecule has 1 saturated carbocycles. The van der Waals surface area contributed by atoms with E-state index in [-0.39, 0.29) is 18.6 Å². The first-order valence-corrected chi connectivity index (χ1v) is 11.1. The zero-order valence-electron chi connectivity index (χ0n) is 17.0. The van der Waals surface area contributed by atoms with Crippen LogP contribution in [0.4, 0.5) is 0 Å². The second-order valence-corrected chi connectivity index (χ2v) is 8.37. The van der Waals surface area contributed by atoms with E-state index in [0.29, 0.717) is 17.8 Å². The van der Waals surface area contributed by atoms with E-state index >= 15 is 0 Å². The molecule has 1 fully saturated rings. The van der Waals surface area contributed by atoms with Crippen LogP contribution in [0.2, 0.25) is 0 Å². The predicted octanol–water partition coefficient (Wildman–Crippen LogP) is 5.16. The van der Waals surface area contributed by atoms with Gasteiger partial charge in [0.1, 0.15) is 0 Å². The Morgan fingerprint density at radius 1 is 1.00 bits per heavy atom. The van der Waals surface area contributed by atoms with Crippen LogP contribution in [0.25, 0.3) is 0 Å². The number of carboxylic acids is 1. The van der Waals surface area contributed by atoms with Gasteiger partial charge >= 0.3 is 5.97 Å². The summed E-state index contributed by atoms with van der Waals surface area (Å²) in [5.74, 6) is 0.632. The van der Waals surface area contributed by atoms with Gasteiger partial charge in [0.2, 0.25) is 0 Å². The molecule has 5 atom stereocenters. The van der Waals surface area contributed by atoms with Crippen LogP contribution in [0.5, 0.6) is 0 Å². The largest absolute Gasteiger partial charge is 0.481 e. The zero-order valence-corrected chi connectivity index (χ0v) is 17.0. The van der Waals surface area contributed by atoms with Gasteiger partial charge in [0.25, 0.3) is 0 Å². The van der Waals surface area contributed by atoms with Crippen LogP contribution in [0.1, 0.15) is 104 Å². The summed E-state index contributed by atoms with van der Waals surface area (Å²) in [5, 5.41) is 29.6. The summed E-state index contributed by atoms with van der Waals surface area (Å²) in [6.45, 7) is 4.38. The van der Waals surface area contributed by atoms with Crippen LogP contribution in [0.15, 0.2) is 0 Å². The fourth-order valence-electron chi connectivity index (χ4n) is 4.68. The molecule has 0 aromatic rings. The summed E-state index contributed by atoms with van der Waals surface area (Å²) in [7, 11) is 0. The molecule has 154 valence electrons. The van der Waals surface area contributed by atoms with Crippen LogP contribution >= 0.6 is 0 Å². The van der Waals surface area contributed by atoms with Crippen molar-refractivity contribution in [3.05, 3.63) is 0 Å². The molecule has 1 aliphatic rings. The molecule has 0 amide bonds. The van der Waals surface area contributed by atoms with Crippen molar-refractivity contribution in [2.24, 2.45) is 17.8 Å². The fourth-order valence-corrected chi connectivity index (χ4v) is 4.68. The third kappa shape index (κ3) is 8.85. The van der Waals surface area contributed by atoms with Crippen molar-refractivity contribution in [3.63, 3.8) is 0 Å². The van der Waals surface area contributed by atoms with Crippen LogP contribution < -0.4 is 0 Å². The lowest BCUT2D eigenvalue weighted by Crippen LogP contribution is -2.23. The minimum atomic E-state index is -0.709. The van der Waals surface area contributed by atoms with Crippen LogP contribution in [-0.4, -0.2) is 33.5 Å². The average Bonchev–Trinajstić information content (AvgIpc) is 2.96. The normalized spacial score (nSPS) is 25.3. The Balaban J connectivity index is 2.30. The molecule has 3 N–H and O–H groups in total. The SMILES string of the molecule is CCCCC(CC)C(O)CCC1CCC(O)C1CCCCCCC(=O)O. The average molecular weight is 371 g/mol. The molecule has 26 heavy (non-hydrogen) atoms. The maximum Gasteiger partial charge on any atom is 0.303 e. The summed E-state index contributed by atoms with van der Waals surface area (Å²) in [4.78, 5) is 10.5. The highest BCUT2D eigenvalue weighted by Crippen LogP contribution is 2.39. The Hall–Kier alpha value is -0.610. The van der Waals surface area contributed by atoms with E-state index in [4.69, 9.17) is 5.11 Å². The van der Waals surface area contributed by atoms with E-state index in [9.17, 15) is 15.0 Å². The number of aliphatic carboxylic acids is 1. The van der Waals surface area contributed by atoms with Crippen LogP contribution in [-0.2, 0) is 4.79 Å². The quantitative estimate of drug-likeness (QED) is 0.348. The summed E-state index contributed by atoms with van der Waals surface area (Å²) in [6.07, 6.45) is 13.2. The van der Waals surface area contributed by atoms with E-state index in [1.807, 2.05) is 0 Å². The number of hydrogen-bond donors (Lipinski definition) is 3. The summed E-state index contributed by atoms with van der Waals surface area (Å²) in [6, 6.07) is 0. The van der Waals surface area contributed by atoms with Gasteiger partial charge in [-0.05, 0) is 62.7 Å². The van der Waals surface area contributed by atoms with Gasteiger partial charge in [-0.1, -0.05) is 52.4 Å². The minimum absolute atomic E-state index is 0.182. The van der Waals surface area contributed by atoms with Crippen molar-refractivity contribution >= 4 is 5.97 Å². The summed E-state index contributed by atoms with van der Waals surface area (Å²) in [5.41, 5.74) is 0. The molecule has 0 aromatic heterocycles. The lowest BCUT2D eigenvalue weighted by atomic mass is 9.83. The van der Waals surface area contributed by atoms with Crippen molar-refractivity contribution < 1.29 is 20.1 Å². The maximum atomic E-state index is 10.6.